The van der Waals surface area contributed by atoms with Crippen LogP contribution >= 0.6 is 0 Å². The first-order valence-corrected chi connectivity index (χ1v) is 7.43. The Hall–Kier alpha value is -0.120. The molecule has 1 atom stereocenters. The highest BCUT2D eigenvalue weighted by atomic mass is 16.5. The molecule has 0 aromatic carbocycles. The molecule has 3 fully saturated rings. The molecule has 3 aliphatic rings. The van der Waals surface area contributed by atoms with E-state index in [2.05, 4.69) is 4.90 Å². The Morgan fingerprint density at radius 3 is 2.53 bits per heavy atom. The molecule has 17 heavy (non-hydrogen) atoms. The average Bonchev–Trinajstić information content (AvgIpc) is 3.09. The molecule has 3 rings (SSSR count). The number of nitrogens with zero attached hydrogens (tertiary/aromatic N) is 1. The fourth-order valence-corrected chi connectivity index (χ4v) is 3.87. The minimum atomic E-state index is 0.255. The largest absolute Gasteiger partial charge is 0.375 e. The van der Waals surface area contributed by atoms with Crippen LogP contribution in [-0.2, 0) is 4.74 Å². The fourth-order valence-electron chi connectivity index (χ4n) is 3.87. The van der Waals surface area contributed by atoms with Crippen molar-refractivity contribution in [3.63, 3.8) is 0 Å². The van der Waals surface area contributed by atoms with E-state index in [9.17, 15) is 0 Å². The van der Waals surface area contributed by atoms with Gasteiger partial charge in [0, 0.05) is 31.8 Å². The van der Waals surface area contributed by atoms with Crippen molar-refractivity contribution in [2.75, 3.05) is 19.7 Å². The summed E-state index contributed by atoms with van der Waals surface area (Å²) in [7, 11) is 0. The van der Waals surface area contributed by atoms with Gasteiger partial charge >= 0.3 is 0 Å². The van der Waals surface area contributed by atoms with Gasteiger partial charge in [-0.25, -0.2) is 0 Å². The van der Waals surface area contributed by atoms with Gasteiger partial charge < -0.3 is 10.5 Å². The van der Waals surface area contributed by atoms with E-state index in [1.807, 2.05) is 0 Å². The highest BCUT2D eigenvalue weighted by Gasteiger charge is 2.43. The summed E-state index contributed by atoms with van der Waals surface area (Å²) in [6.07, 6.45) is 10.6. The third-order valence-corrected chi connectivity index (χ3v) is 4.85. The van der Waals surface area contributed by atoms with E-state index in [1.54, 1.807) is 0 Å². The first-order valence-electron chi connectivity index (χ1n) is 7.43. The smallest absolute Gasteiger partial charge is 0.0697 e. The topological polar surface area (TPSA) is 38.5 Å². The summed E-state index contributed by atoms with van der Waals surface area (Å²) in [6, 6.07) is 1.60. The van der Waals surface area contributed by atoms with Crippen molar-refractivity contribution in [2.24, 2.45) is 5.73 Å². The molecule has 2 saturated carbocycles. The summed E-state index contributed by atoms with van der Waals surface area (Å²) >= 11 is 0. The van der Waals surface area contributed by atoms with Gasteiger partial charge in [-0.1, -0.05) is 12.8 Å². The Morgan fingerprint density at radius 2 is 1.88 bits per heavy atom. The van der Waals surface area contributed by atoms with Crippen LogP contribution in [0, 0.1) is 0 Å². The summed E-state index contributed by atoms with van der Waals surface area (Å²) in [4.78, 5) is 2.70. The molecule has 0 bridgehead atoms. The molecule has 3 nitrogen and oxygen atoms in total. The summed E-state index contributed by atoms with van der Waals surface area (Å²) < 4.78 is 6.13. The van der Waals surface area contributed by atoms with Crippen LogP contribution in [0.4, 0.5) is 0 Å². The maximum atomic E-state index is 6.13. The molecular weight excluding hydrogens is 212 g/mol. The lowest BCUT2D eigenvalue weighted by molar-refractivity contribution is -0.102. The van der Waals surface area contributed by atoms with Crippen molar-refractivity contribution >= 4 is 0 Å². The van der Waals surface area contributed by atoms with Crippen LogP contribution in [0.2, 0.25) is 0 Å². The molecule has 1 unspecified atom stereocenters. The lowest BCUT2D eigenvalue weighted by Crippen LogP contribution is -2.49. The number of ether oxygens (including phenoxy) is 1. The molecule has 1 heterocycles. The van der Waals surface area contributed by atoms with E-state index < -0.39 is 0 Å². The van der Waals surface area contributed by atoms with Gasteiger partial charge in [-0.15, -0.1) is 0 Å². The number of hydrogen-bond donors (Lipinski definition) is 1. The van der Waals surface area contributed by atoms with Crippen molar-refractivity contribution < 1.29 is 4.74 Å². The zero-order chi connectivity index (χ0) is 11.7. The second-order valence-corrected chi connectivity index (χ2v) is 6.14. The zero-order valence-electron chi connectivity index (χ0n) is 10.9. The third kappa shape index (κ3) is 2.51. The Labute approximate surface area is 105 Å². The molecule has 1 spiro atoms. The van der Waals surface area contributed by atoms with Gasteiger partial charge in [0.2, 0.25) is 0 Å². The molecular formula is C14H26N2O. The Kier molecular flexibility index (Phi) is 3.42. The minimum Gasteiger partial charge on any atom is -0.375 e. The van der Waals surface area contributed by atoms with Crippen LogP contribution in [0.3, 0.4) is 0 Å². The SMILES string of the molecule is NCCN(C1CC1)C1CCOC2(CCCC2)C1. The van der Waals surface area contributed by atoms with Crippen molar-refractivity contribution in [1.29, 1.82) is 0 Å². The molecule has 98 valence electrons. The van der Waals surface area contributed by atoms with Gasteiger partial charge in [-0.3, -0.25) is 4.90 Å². The summed E-state index contributed by atoms with van der Waals surface area (Å²) in [5, 5.41) is 0. The van der Waals surface area contributed by atoms with E-state index in [-0.39, 0.29) is 5.60 Å². The monoisotopic (exact) mass is 238 g/mol. The van der Waals surface area contributed by atoms with Crippen LogP contribution in [0.1, 0.15) is 51.4 Å². The maximum absolute atomic E-state index is 6.13. The quantitative estimate of drug-likeness (QED) is 0.813. The van der Waals surface area contributed by atoms with Gasteiger partial charge in [-0.05, 0) is 38.5 Å². The van der Waals surface area contributed by atoms with Crippen molar-refractivity contribution in [3.05, 3.63) is 0 Å². The molecule has 3 heteroatoms. The standard InChI is InChI=1S/C14H26N2O/c15-8-9-16(12-3-4-12)13-5-10-17-14(11-13)6-1-2-7-14/h12-13H,1-11,15H2. The number of rotatable bonds is 4. The van der Waals surface area contributed by atoms with Gasteiger partial charge in [-0.2, -0.15) is 0 Å². The first-order chi connectivity index (χ1) is 8.33. The number of hydrogen-bond acceptors (Lipinski definition) is 3. The zero-order valence-corrected chi connectivity index (χ0v) is 10.9. The molecule has 1 aliphatic heterocycles. The Balaban J connectivity index is 1.65. The van der Waals surface area contributed by atoms with Crippen LogP contribution in [0.25, 0.3) is 0 Å². The second kappa shape index (κ2) is 4.87. The normalized spacial score (nSPS) is 32.5. The summed E-state index contributed by atoms with van der Waals surface area (Å²) in [5.74, 6) is 0. The summed E-state index contributed by atoms with van der Waals surface area (Å²) in [5.41, 5.74) is 6.03. The van der Waals surface area contributed by atoms with Crippen LogP contribution < -0.4 is 5.73 Å². The molecule has 0 amide bonds. The Bertz CT molecular complexity index is 259. The Morgan fingerprint density at radius 1 is 1.12 bits per heavy atom. The van der Waals surface area contributed by atoms with E-state index in [0.717, 1.165) is 31.8 Å². The van der Waals surface area contributed by atoms with Crippen LogP contribution in [-0.4, -0.2) is 42.3 Å². The molecule has 0 aromatic heterocycles. The molecule has 1 saturated heterocycles. The fraction of sp³-hybridized carbons (Fsp3) is 1.00. The predicted octanol–water partition coefficient (Wildman–Crippen LogP) is 1.90. The molecule has 0 aromatic rings. The molecule has 0 radical (unpaired) electrons. The van der Waals surface area contributed by atoms with Gasteiger partial charge in [0.25, 0.3) is 0 Å². The van der Waals surface area contributed by atoms with Crippen LogP contribution in [0.5, 0.6) is 0 Å². The number of nitrogens with two attached hydrogens (primary N) is 1. The maximum Gasteiger partial charge on any atom is 0.0697 e. The van der Waals surface area contributed by atoms with Crippen LogP contribution in [0.15, 0.2) is 0 Å². The lowest BCUT2D eigenvalue weighted by atomic mass is 9.88. The molecule has 2 N–H and O–H groups in total. The second-order valence-electron chi connectivity index (χ2n) is 6.14. The molecule has 2 aliphatic carbocycles. The van der Waals surface area contributed by atoms with Gasteiger partial charge in [0.15, 0.2) is 0 Å². The van der Waals surface area contributed by atoms with Crippen molar-refractivity contribution in [1.82, 2.24) is 4.90 Å². The van der Waals surface area contributed by atoms with E-state index >= 15 is 0 Å². The highest BCUT2D eigenvalue weighted by molar-refractivity contribution is 4.97. The van der Waals surface area contributed by atoms with Gasteiger partial charge in [0.05, 0.1) is 5.60 Å². The lowest BCUT2D eigenvalue weighted by Gasteiger charge is -2.43. The summed E-state index contributed by atoms with van der Waals surface area (Å²) in [6.45, 7) is 2.87. The van der Waals surface area contributed by atoms with E-state index in [4.69, 9.17) is 10.5 Å². The third-order valence-electron chi connectivity index (χ3n) is 4.85. The predicted molar refractivity (Wildman–Crippen MR) is 69.0 cm³/mol. The van der Waals surface area contributed by atoms with Crippen molar-refractivity contribution in [3.8, 4) is 0 Å². The first kappa shape index (κ1) is 11.9. The van der Waals surface area contributed by atoms with E-state index in [0.29, 0.717) is 0 Å². The minimum absolute atomic E-state index is 0.255. The average molecular weight is 238 g/mol. The highest BCUT2D eigenvalue weighted by Crippen LogP contribution is 2.42. The van der Waals surface area contributed by atoms with Gasteiger partial charge in [0.1, 0.15) is 0 Å². The van der Waals surface area contributed by atoms with E-state index in [1.165, 1.54) is 51.4 Å². The van der Waals surface area contributed by atoms with Crippen molar-refractivity contribution in [2.45, 2.75) is 69.1 Å².